The zero-order valence-electron chi connectivity index (χ0n) is 20.5. The summed E-state index contributed by atoms with van der Waals surface area (Å²) >= 11 is 0. The summed E-state index contributed by atoms with van der Waals surface area (Å²) in [4.78, 5) is 9.16. The third kappa shape index (κ3) is 4.11. The van der Waals surface area contributed by atoms with Gasteiger partial charge in [0.05, 0.1) is 30.8 Å². The maximum absolute atomic E-state index is 6.03. The molecule has 3 N–H and O–H groups in total. The van der Waals surface area contributed by atoms with Gasteiger partial charge in [0, 0.05) is 24.1 Å². The summed E-state index contributed by atoms with van der Waals surface area (Å²) in [5, 5.41) is 16.9. The topological polar surface area (TPSA) is 126 Å². The lowest BCUT2D eigenvalue weighted by Gasteiger charge is -2.25. The molecule has 10 nitrogen and oxygen atoms in total. The lowest BCUT2D eigenvalue weighted by molar-refractivity contribution is -0.160. The average molecular weight is 497 g/mol. The highest BCUT2D eigenvalue weighted by Gasteiger charge is 2.38. The first kappa shape index (κ1) is 22.3. The summed E-state index contributed by atoms with van der Waals surface area (Å²) in [6, 6.07) is 12.5. The van der Waals surface area contributed by atoms with Gasteiger partial charge in [-0.15, -0.1) is 15.3 Å². The summed E-state index contributed by atoms with van der Waals surface area (Å²) in [7, 11) is 0. The molecule has 4 aromatic rings. The van der Waals surface area contributed by atoms with Gasteiger partial charge in [-0.3, -0.25) is 4.98 Å². The monoisotopic (exact) mass is 496 g/mol. The van der Waals surface area contributed by atoms with Gasteiger partial charge in [-0.25, -0.2) is 0 Å². The van der Waals surface area contributed by atoms with Gasteiger partial charge in [0.2, 0.25) is 11.9 Å². The van der Waals surface area contributed by atoms with Crippen molar-refractivity contribution in [2.24, 2.45) is 0 Å². The summed E-state index contributed by atoms with van der Waals surface area (Å²) in [5.41, 5.74) is 13.5. The van der Waals surface area contributed by atoms with E-state index in [1.54, 1.807) is 4.68 Å². The standard InChI is InChI=1S/C27H28N8O2/c28-25-31-26(30-20-13-19-15-27(36-11-12-37-27)10-4-9-22(19)29-16-20)35(34-25)23-14-18-7-3-6-17-5-1-2-8-21(17)24(18)33-32-23/h1-2,5,8,13-14,16H,3-4,6-7,9-12,15H2,(H3,28,30,31,34). The number of nitrogens with one attached hydrogen (secondary N) is 1. The number of ether oxygens (including phenoxy) is 2. The molecule has 1 aliphatic heterocycles. The predicted octanol–water partition coefficient (Wildman–Crippen LogP) is 3.56. The van der Waals surface area contributed by atoms with E-state index in [2.05, 4.69) is 49.9 Å². The number of nitrogen functional groups attached to an aromatic ring is 1. The molecule has 1 aromatic carbocycles. The SMILES string of the molecule is Nc1nc(Nc2cnc3c(c2)CC2(CCC3)OCCO2)n(-c2cc3c(nn2)-c2ccccc2CCC3)n1. The molecular formula is C27H28N8O2. The molecule has 7 rings (SSSR count). The fourth-order valence-electron chi connectivity index (χ4n) is 5.71. The number of pyridine rings is 1. The van der Waals surface area contributed by atoms with Crippen LogP contribution in [0.2, 0.25) is 0 Å². The first-order chi connectivity index (χ1) is 18.2. The van der Waals surface area contributed by atoms with E-state index >= 15 is 0 Å². The second-order valence-corrected chi connectivity index (χ2v) is 9.89. The molecule has 0 saturated carbocycles. The highest BCUT2D eigenvalue weighted by molar-refractivity contribution is 5.68. The molecule has 37 heavy (non-hydrogen) atoms. The number of aryl methyl sites for hydroxylation is 3. The van der Waals surface area contributed by atoms with Gasteiger partial charge in [-0.2, -0.15) is 9.67 Å². The third-order valence-electron chi connectivity index (χ3n) is 7.43. The molecule has 3 aliphatic rings. The maximum Gasteiger partial charge on any atom is 0.241 e. The van der Waals surface area contributed by atoms with Crippen molar-refractivity contribution in [2.75, 3.05) is 24.3 Å². The Morgan fingerprint density at radius 3 is 2.73 bits per heavy atom. The number of rotatable bonds is 3. The lowest BCUT2D eigenvalue weighted by atomic mass is 10.0. The van der Waals surface area contributed by atoms with Crippen molar-refractivity contribution < 1.29 is 9.47 Å². The van der Waals surface area contributed by atoms with Crippen LogP contribution in [0.1, 0.15) is 41.6 Å². The molecule has 188 valence electrons. The van der Waals surface area contributed by atoms with E-state index in [1.165, 1.54) is 5.56 Å². The van der Waals surface area contributed by atoms with Crippen molar-refractivity contribution in [1.29, 1.82) is 0 Å². The van der Waals surface area contributed by atoms with Crippen LogP contribution in [0.5, 0.6) is 0 Å². The van der Waals surface area contributed by atoms with Gasteiger partial charge >= 0.3 is 0 Å². The summed E-state index contributed by atoms with van der Waals surface area (Å²) in [5.74, 6) is 0.643. The van der Waals surface area contributed by atoms with Crippen LogP contribution in [0.25, 0.3) is 17.1 Å². The van der Waals surface area contributed by atoms with Crippen LogP contribution in [0.4, 0.5) is 17.6 Å². The molecule has 1 fully saturated rings. The average Bonchev–Trinajstić information content (AvgIpc) is 3.40. The molecule has 2 aliphatic carbocycles. The minimum atomic E-state index is -0.536. The normalized spacial score (nSPS) is 17.9. The van der Waals surface area contributed by atoms with Gasteiger partial charge in [-0.1, -0.05) is 24.3 Å². The third-order valence-corrected chi connectivity index (χ3v) is 7.43. The van der Waals surface area contributed by atoms with E-state index in [0.717, 1.165) is 72.3 Å². The van der Waals surface area contributed by atoms with Gasteiger partial charge < -0.3 is 20.5 Å². The number of fused-ring (bicyclic) bond motifs is 4. The van der Waals surface area contributed by atoms with Crippen molar-refractivity contribution in [1.82, 2.24) is 29.9 Å². The molecule has 0 atom stereocenters. The number of aromatic nitrogens is 6. The Hall–Kier alpha value is -3.89. The van der Waals surface area contributed by atoms with Crippen molar-refractivity contribution in [3.8, 4) is 17.1 Å². The highest BCUT2D eigenvalue weighted by atomic mass is 16.7. The van der Waals surface area contributed by atoms with E-state index in [-0.39, 0.29) is 5.95 Å². The van der Waals surface area contributed by atoms with Gasteiger partial charge in [-0.05, 0) is 60.9 Å². The Balaban J connectivity index is 1.21. The largest absolute Gasteiger partial charge is 0.366 e. The first-order valence-corrected chi connectivity index (χ1v) is 12.9. The van der Waals surface area contributed by atoms with Crippen LogP contribution >= 0.6 is 0 Å². The molecule has 0 bridgehead atoms. The van der Waals surface area contributed by atoms with Gasteiger partial charge in [0.15, 0.2) is 11.6 Å². The molecular weight excluding hydrogens is 468 g/mol. The quantitative estimate of drug-likeness (QED) is 0.438. The molecule has 0 radical (unpaired) electrons. The number of hydrogen-bond acceptors (Lipinski definition) is 9. The maximum atomic E-state index is 6.03. The Kier molecular flexibility index (Phi) is 5.37. The summed E-state index contributed by atoms with van der Waals surface area (Å²) < 4.78 is 13.6. The van der Waals surface area contributed by atoms with Crippen LogP contribution in [0, 0.1) is 0 Å². The second-order valence-electron chi connectivity index (χ2n) is 9.89. The molecule has 1 saturated heterocycles. The Labute approximate surface area is 214 Å². The van der Waals surface area contributed by atoms with E-state index < -0.39 is 5.79 Å². The molecule has 4 heterocycles. The number of anilines is 3. The smallest absolute Gasteiger partial charge is 0.241 e. The zero-order chi connectivity index (χ0) is 24.8. The van der Waals surface area contributed by atoms with Crippen molar-refractivity contribution in [2.45, 2.75) is 50.7 Å². The molecule has 3 aromatic heterocycles. The Morgan fingerprint density at radius 2 is 1.81 bits per heavy atom. The predicted molar refractivity (Wildman–Crippen MR) is 138 cm³/mol. The van der Waals surface area contributed by atoms with E-state index in [4.69, 9.17) is 20.2 Å². The number of hydrogen-bond donors (Lipinski definition) is 2. The number of nitrogens with two attached hydrogens (primary N) is 1. The van der Waals surface area contributed by atoms with E-state index in [1.807, 2.05) is 18.3 Å². The van der Waals surface area contributed by atoms with Crippen LogP contribution in [-0.4, -0.2) is 48.9 Å². The van der Waals surface area contributed by atoms with Crippen LogP contribution in [-0.2, 0) is 35.2 Å². The minimum Gasteiger partial charge on any atom is -0.366 e. The molecule has 0 unspecified atom stereocenters. The van der Waals surface area contributed by atoms with Gasteiger partial charge in [0.25, 0.3) is 0 Å². The second kappa shape index (κ2) is 8.89. The number of nitrogens with zero attached hydrogens (tertiary/aromatic N) is 6. The fraction of sp³-hybridized carbons (Fsp3) is 0.370. The van der Waals surface area contributed by atoms with Crippen LogP contribution < -0.4 is 11.1 Å². The van der Waals surface area contributed by atoms with Crippen molar-refractivity contribution >= 4 is 17.6 Å². The highest BCUT2D eigenvalue weighted by Crippen LogP contribution is 2.35. The van der Waals surface area contributed by atoms with E-state index in [9.17, 15) is 0 Å². The molecule has 1 spiro atoms. The molecule has 0 amide bonds. The van der Waals surface area contributed by atoms with Crippen LogP contribution in [0.3, 0.4) is 0 Å². The fourth-order valence-corrected chi connectivity index (χ4v) is 5.71. The number of benzene rings is 1. The molecule has 10 heteroatoms. The Morgan fingerprint density at radius 1 is 0.946 bits per heavy atom. The lowest BCUT2D eigenvalue weighted by Crippen LogP contribution is -2.32. The summed E-state index contributed by atoms with van der Waals surface area (Å²) in [6.45, 7) is 1.27. The van der Waals surface area contributed by atoms with E-state index in [0.29, 0.717) is 31.4 Å². The first-order valence-electron chi connectivity index (χ1n) is 12.9. The summed E-state index contributed by atoms with van der Waals surface area (Å²) in [6.07, 6.45) is 8.25. The van der Waals surface area contributed by atoms with Crippen molar-refractivity contribution in [3.63, 3.8) is 0 Å². The Bertz CT molecular complexity index is 1480. The van der Waals surface area contributed by atoms with Crippen LogP contribution in [0.15, 0.2) is 42.6 Å². The van der Waals surface area contributed by atoms with Crippen molar-refractivity contribution in [3.05, 3.63) is 65.0 Å². The minimum absolute atomic E-state index is 0.152. The van der Waals surface area contributed by atoms with Gasteiger partial charge in [0.1, 0.15) is 0 Å². The zero-order valence-corrected chi connectivity index (χ0v) is 20.5.